The Balaban J connectivity index is 2.20. The van der Waals surface area contributed by atoms with Crippen LogP contribution < -0.4 is 5.32 Å². The predicted octanol–water partition coefficient (Wildman–Crippen LogP) is 3.74. The number of nitrogens with one attached hydrogen (secondary N) is 1. The van der Waals surface area contributed by atoms with Crippen LogP contribution in [0.5, 0.6) is 5.75 Å². The molecule has 2 N–H and O–H groups in total. The van der Waals surface area contributed by atoms with Gasteiger partial charge in [-0.1, -0.05) is 32.4 Å². The number of phenols is 1. The molecule has 18 heavy (non-hydrogen) atoms. The summed E-state index contributed by atoms with van der Waals surface area (Å²) in [5.41, 5.74) is 1.29. The lowest BCUT2D eigenvalue weighted by Gasteiger charge is -2.17. The third-order valence-electron chi connectivity index (χ3n) is 3.40. The van der Waals surface area contributed by atoms with E-state index in [-0.39, 0.29) is 0 Å². The minimum Gasteiger partial charge on any atom is -0.508 e. The van der Waals surface area contributed by atoms with Crippen molar-refractivity contribution < 1.29 is 5.11 Å². The van der Waals surface area contributed by atoms with E-state index in [4.69, 9.17) is 0 Å². The van der Waals surface area contributed by atoms with E-state index >= 15 is 0 Å². The van der Waals surface area contributed by atoms with Crippen molar-refractivity contribution in [1.29, 1.82) is 0 Å². The van der Waals surface area contributed by atoms with Crippen LogP contribution in [0.15, 0.2) is 24.3 Å². The van der Waals surface area contributed by atoms with Gasteiger partial charge in [-0.3, -0.25) is 0 Å². The molecule has 2 unspecified atom stereocenters. The van der Waals surface area contributed by atoms with E-state index in [1.165, 1.54) is 18.4 Å². The summed E-state index contributed by atoms with van der Waals surface area (Å²) < 4.78 is 0. The zero-order chi connectivity index (χ0) is 13.4. The molecule has 0 aliphatic carbocycles. The fraction of sp³-hybridized carbons (Fsp3) is 0.625. The van der Waals surface area contributed by atoms with Crippen LogP contribution in [0.4, 0.5) is 0 Å². The monoisotopic (exact) mass is 249 g/mol. The van der Waals surface area contributed by atoms with Gasteiger partial charge in [-0.15, -0.1) is 0 Å². The van der Waals surface area contributed by atoms with Crippen molar-refractivity contribution in [3.05, 3.63) is 29.8 Å². The summed E-state index contributed by atoms with van der Waals surface area (Å²) in [4.78, 5) is 0. The van der Waals surface area contributed by atoms with Crippen molar-refractivity contribution >= 4 is 0 Å². The molecule has 2 atom stereocenters. The summed E-state index contributed by atoms with van der Waals surface area (Å²) in [5, 5.41) is 12.8. The number of rotatable bonds is 8. The first-order valence-electron chi connectivity index (χ1n) is 7.13. The van der Waals surface area contributed by atoms with Crippen molar-refractivity contribution in [3.8, 4) is 5.75 Å². The van der Waals surface area contributed by atoms with E-state index in [9.17, 15) is 5.11 Å². The Bertz CT molecular complexity index is 320. The van der Waals surface area contributed by atoms with E-state index in [0.29, 0.717) is 11.8 Å². The molecule has 0 aromatic heterocycles. The maximum absolute atomic E-state index is 9.22. The van der Waals surface area contributed by atoms with E-state index in [2.05, 4.69) is 26.1 Å². The van der Waals surface area contributed by atoms with Crippen molar-refractivity contribution in [3.63, 3.8) is 0 Å². The molecule has 0 spiro atoms. The van der Waals surface area contributed by atoms with Crippen molar-refractivity contribution in [2.75, 3.05) is 6.54 Å². The molecule has 0 amide bonds. The van der Waals surface area contributed by atoms with Gasteiger partial charge in [-0.25, -0.2) is 0 Å². The maximum Gasteiger partial charge on any atom is 0.115 e. The number of phenolic OH excluding ortho intramolecular Hbond substituents is 1. The Hall–Kier alpha value is -1.02. The van der Waals surface area contributed by atoms with Crippen LogP contribution in [0, 0.1) is 5.92 Å². The first-order valence-corrected chi connectivity index (χ1v) is 7.13. The fourth-order valence-corrected chi connectivity index (χ4v) is 2.15. The van der Waals surface area contributed by atoms with Crippen LogP contribution in [-0.2, 0) is 6.42 Å². The predicted molar refractivity (Wildman–Crippen MR) is 78.0 cm³/mol. The van der Waals surface area contributed by atoms with Crippen molar-refractivity contribution in [1.82, 2.24) is 5.32 Å². The van der Waals surface area contributed by atoms with Crippen LogP contribution in [0.2, 0.25) is 0 Å². The van der Waals surface area contributed by atoms with Gasteiger partial charge in [0, 0.05) is 6.04 Å². The quantitative estimate of drug-likeness (QED) is 0.735. The average molecular weight is 249 g/mol. The molecule has 0 radical (unpaired) electrons. The molecule has 0 aliphatic heterocycles. The van der Waals surface area contributed by atoms with Crippen LogP contribution in [0.3, 0.4) is 0 Å². The first kappa shape index (κ1) is 15.0. The molecule has 0 bridgehead atoms. The van der Waals surface area contributed by atoms with Crippen LogP contribution in [0.25, 0.3) is 0 Å². The lowest BCUT2D eigenvalue weighted by Crippen LogP contribution is -2.30. The van der Waals surface area contributed by atoms with E-state index in [0.717, 1.165) is 25.3 Å². The van der Waals surface area contributed by atoms with E-state index < -0.39 is 0 Å². The van der Waals surface area contributed by atoms with Gasteiger partial charge in [0.2, 0.25) is 0 Å². The molecule has 2 heteroatoms. The highest BCUT2D eigenvalue weighted by Crippen LogP contribution is 2.12. The molecule has 0 saturated heterocycles. The standard InChI is InChI=1S/C16H27NO/c1-4-5-13(2)12-17-14(3)6-7-15-8-10-16(18)11-9-15/h8-11,13-14,17-18H,4-7,12H2,1-3H3. The van der Waals surface area contributed by atoms with Gasteiger partial charge in [0.1, 0.15) is 5.75 Å². The molecule has 1 aromatic rings. The lowest BCUT2D eigenvalue weighted by atomic mass is 10.0. The van der Waals surface area contributed by atoms with Crippen LogP contribution >= 0.6 is 0 Å². The maximum atomic E-state index is 9.22. The SMILES string of the molecule is CCCC(C)CNC(C)CCc1ccc(O)cc1. The summed E-state index contributed by atoms with van der Waals surface area (Å²) >= 11 is 0. The second kappa shape index (κ2) is 8.15. The third-order valence-corrected chi connectivity index (χ3v) is 3.40. The molecule has 2 nitrogen and oxygen atoms in total. The molecule has 102 valence electrons. The Morgan fingerprint density at radius 3 is 2.39 bits per heavy atom. The molecule has 0 saturated carbocycles. The number of aromatic hydroxyl groups is 1. The third kappa shape index (κ3) is 6.06. The van der Waals surface area contributed by atoms with Gasteiger partial charge in [-0.2, -0.15) is 0 Å². The van der Waals surface area contributed by atoms with Gasteiger partial charge < -0.3 is 10.4 Å². The summed E-state index contributed by atoms with van der Waals surface area (Å²) in [6, 6.07) is 8.08. The molecule has 1 rings (SSSR count). The van der Waals surface area contributed by atoms with E-state index in [1.807, 2.05) is 12.1 Å². The second-order valence-electron chi connectivity index (χ2n) is 5.41. The van der Waals surface area contributed by atoms with Crippen molar-refractivity contribution in [2.24, 2.45) is 5.92 Å². The van der Waals surface area contributed by atoms with Gasteiger partial charge in [0.25, 0.3) is 0 Å². The molecule has 0 aliphatic rings. The van der Waals surface area contributed by atoms with Crippen molar-refractivity contribution in [2.45, 2.75) is 52.5 Å². The van der Waals surface area contributed by atoms with Crippen LogP contribution in [0.1, 0.15) is 45.6 Å². The summed E-state index contributed by atoms with van der Waals surface area (Å²) in [7, 11) is 0. The van der Waals surface area contributed by atoms with Gasteiger partial charge in [-0.05, 0) is 56.3 Å². The summed E-state index contributed by atoms with van der Waals surface area (Å²) in [6.45, 7) is 7.91. The largest absolute Gasteiger partial charge is 0.508 e. The minimum absolute atomic E-state index is 0.346. The zero-order valence-electron chi connectivity index (χ0n) is 11.9. The Kier molecular flexibility index (Phi) is 6.81. The minimum atomic E-state index is 0.346. The zero-order valence-corrected chi connectivity index (χ0v) is 11.9. The second-order valence-corrected chi connectivity index (χ2v) is 5.41. The molecular formula is C16H27NO. The molecule has 0 fully saturated rings. The Labute approximate surface area is 111 Å². The lowest BCUT2D eigenvalue weighted by molar-refractivity contribution is 0.425. The van der Waals surface area contributed by atoms with Gasteiger partial charge in [0.05, 0.1) is 0 Å². The normalized spacial score (nSPS) is 14.4. The summed E-state index contributed by atoms with van der Waals surface area (Å²) in [5.74, 6) is 1.12. The molecular weight excluding hydrogens is 222 g/mol. The number of hydrogen-bond acceptors (Lipinski definition) is 2. The van der Waals surface area contributed by atoms with E-state index in [1.54, 1.807) is 12.1 Å². The summed E-state index contributed by atoms with van der Waals surface area (Å²) in [6.07, 6.45) is 4.78. The first-order chi connectivity index (χ1) is 8.61. The Morgan fingerprint density at radius 2 is 1.78 bits per heavy atom. The smallest absolute Gasteiger partial charge is 0.115 e. The van der Waals surface area contributed by atoms with Gasteiger partial charge >= 0.3 is 0 Å². The topological polar surface area (TPSA) is 32.3 Å². The highest BCUT2D eigenvalue weighted by molar-refractivity contribution is 5.25. The number of benzene rings is 1. The fourth-order valence-electron chi connectivity index (χ4n) is 2.15. The highest BCUT2D eigenvalue weighted by Gasteiger charge is 2.05. The molecule has 0 heterocycles. The number of aryl methyl sites for hydroxylation is 1. The van der Waals surface area contributed by atoms with Crippen LogP contribution in [-0.4, -0.2) is 17.7 Å². The average Bonchev–Trinajstić information content (AvgIpc) is 2.36. The highest BCUT2D eigenvalue weighted by atomic mass is 16.3. The molecule has 1 aromatic carbocycles. The van der Waals surface area contributed by atoms with Gasteiger partial charge in [0.15, 0.2) is 0 Å². The number of hydrogen-bond donors (Lipinski definition) is 2. The Morgan fingerprint density at radius 1 is 1.11 bits per heavy atom.